The Labute approximate surface area is 129 Å². The molecule has 1 N–H and O–H groups in total. The quantitative estimate of drug-likeness (QED) is 0.768. The summed E-state index contributed by atoms with van der Waals surface area (Å²) < 4.78 is 1.99. The van der Waals surface area contributed by atoms with Crippen LogP contribution in [-0.4, -0.2) is 15.3 Å². The smallest absolute Gasteiger partial charge is 0.224 e. The van der Waals surface area contributed by atoms with Crippen molar-refractivity contribution in [3.8, 4) is 11.3 Å². The van der Waals surface area contributed by atoms with Crippen LogP contribution in [0, 0.1) is 0 Å². The van der Waals surface area contributed by atoms with Crippen molar-refractivity contribution < 1.29 is 4.79 Å². The van der Waals surface area contributed by atoms with Gasteiger partial charge in [0, 0.05) is 30.1 Å². The summed E-state index contributed by atoms with van der Waals surface area (Å²) >= 11 is 0. The largest absolute Gasteiger partial charge is 0.326 e. The van der Waals surface area contributed by atoms with E-state index >= 15 is 0 Å². The number of rotatable bonds is 5. The molecule has 3 aromatic rings. The Bertz CT molecular complexity index is 759. The summed E-state index contributed by atoms with van der Waals surface area (Å²) in [6, 6.07) is 13.7. The van der Waals surface area contributed by atoms with Gasteiger partial charge in [0.05, 0.1) is 5.69 Å². The molecule has 4 nitrogen and oxygen atoms in total. The summed E-state index contributed by atoms with van der Waals surface area (Å²) in [6.07, 6.45) is 6.47. The number of anilines is 1. The van der Waals surface area contributed by atoms with Gasteiger partial charge in [0.25, 0.3) is 0 Å². The van der Waals surface area contributed by atoms with E-state index in [0.29, 0.717) is 6.42 Å². The SMILES string of the molecule is CCCCC(=O)Nc1cccc(-c2cn3ccccc3n2)c1. The van der Waals surface area contributed by atoms with E-state index in [1.807, 2.05) is 59.3 Å². The number of aromatic nitrogens is 2. The molecule has 2 heterocycles. The van der Waals surface area contributed by atoms with Crippen LogP contribution >= 0.6 is 0 Å². The molecule has 4 heteroatoms. The van der Waals surface area contributed by atoms with Crippen molar-refractivity contribution in [1.29, 1.82) is 0 Å². The zero-order chi connectivity index (χ0) is 15.4. The van der Waals surface area contributed by atoms with Crippen molar-refractivity contribution in [2.24, 2.45) is 0 Å². The number of pyridine rings is 1. The molecule has 3 rings (SSSR count). The molecule has 0 spiro atoms. The second-order valence-electron chi connectivity index (χ2n) is 5.32. The van der Waals surface area contributed by atoms with Gasteiger partial charge >= 0.3 is 0 Å². The van der Waals surface area contributed by atoms with Gasteiger partial charge in [-0.2, -0.15) is 0 Å². The van der Waals surface area contributed by atoms with Crippen molar-refractivity contribution in [1.82, 2.24) is 9.38 Å². The summed E-state index contributed by atoms with van der Waals surface area (Å²) in [5.41, 5.74) is 3.62. The minimum Gasteiger partial charge on any atom is -0.326 e. The van der Waals surface area contributed by atoms with E-state index in [-0.39, 0.29) is 5.91 Å². The highest BCUT2D eigenvalue weighted by Gasteiger charge is 2.06. The number of nitrogens with one attached hydrogen (secondary N) is 1. The topological polar surface area (TPSA) is 46.4 Å². The van der Waals surface area contributed by atoms with Crippen LogP contribution in [0.5, 0.6) is 0 Å². The average Bonchev–Trinajstić information content (AvgIpc) is 2.97. The monoisotopic (exact) mass is 293 g/mol. The maximum absolute atomic E-state index is 11.8. The van der Waals surface area contributed by atoms with E-state index in [9.17, 15) is 4.79 Å². The van der Waals surface area contributed by atoms with Crippen LogP contribution in [0.2, 0.25) is 0 Å². The molecule has 112 valence electrons. The lowest BCUT2D eigenvalue weighted by atomic mass is 10.1. The predicted molar refractivity (Wildman–Crippen MR) is 88.8 cm³/mol. The number of imidazole rings is 1. The zero-order valence-corrected chi connectivity index (χ0v) is 12.6. The number of nitrogens with zero attached hydrogens (tertiary/aromatic N) is 2. The molecule has 22 heavy (non-hydrogen) atoms. The first-order valence-electron chi connectivity index (χ1n) is 7.60. The molecular formula is C18H19N3O. The maximum Gasteiger partial charge on any atom is 0.224 e. The second kappa shape index (κ2) is 6.43. The molecule has 2 aromatic heterocycles. The summed E-state index contributed by atoms with van der Waals surface area (Å²) in [5, 5.41) is 2.95. The number of carbonyl (C=O) groups is 1. The summed E-state index contributed by atoms with van der Waals surface area (Å²) in [4.78, 5) is 16.4. The fraction of sp³-hybridized carbons (Fsp3) is 0.222. The molecule has 0 saturated carbocycles. The first-order chi connectivity index (χ1) is 10.8. The lowest BCUT2D eigenvalue weighted by Crippen LogP contribution is -2.10. The fourth-order valence-corrected chi connectivity index (χ4v) is 2.39. The highest BCUT2D eigenvalue weighted by molar-refractivity contribution is 5.91. The van der Waals surface area contributed by atoms with Crippen LogP contribution in [0.25, 0.3) is 16.9 Å². The summed E-state index contributed by atoms with van der Waals surface area (Å²) in [6.45, 7) is 2.08. The van der Waals surface area contributed by atoms with E-state index < -0.39 is 0 Å². The average molecular weight is 293 g/mol. The van der Waals surface area contributed by atoms with Crippen LogP contribution in [0.1, 0.15) is 26.2 Å². The first-order valence-corrected chi connectivity index (χ1v) is 7.60. The third kappa shape index (κ3) is 3.17. The van der Waals surface area contributed by atoms with E-state index in [0.717, 1.165) is 35.4 Å². The molecule has 0 atom stereocenters. The first kappa shape index (κ1) is 14.3. The van der Waals surface area contributed by atoms with Gasteiger partial charge in [-0.15, -0.1) is 0 Å². The number of fused-ring (bicyclic) bond motifs is 1. The van der Waals surface area contributed by atoms with Crippen molar-refractivity contribution >= 4 is 17.2 Å². The number of hydrogen-bond acceptors (Lipinski definition) is 2. The minimum atomic E-state index is 0.0639. The Kier molecular flexibility index (Phi) is 4.19. The Hall–Kier alpha value is -2.62. The molecule has 1 aromatic carbocycles. The summed E-state index contributed by atoms with van der Waals surface area (Å²) in [5.74, 6) is 0.0639. The van der Waals surface area contributed by atoms with Crippen LogP contribution in [0.4, 0.5) is 5.69 Å². The molecule has 0 aliphatic heterocycles. The number of carbonyl (C=O) groups excluding carboxylic acids is 1. The summed E-state index contributed by atoms with van der Waals surface area (Å²) in [7, 11) is 0. The van der Waals surface area contributed by atoms with Crippen molar-refractivity contribution in [2.75, 3.05) is 5.32 Å². The standard InChI is InChI=1S/C18H19N3O/c1-2-3-10-18(22)19-15-8-6-7-14(12-15)16-13-21-11-5-4-9-17(21)20-16/h4-9,11-13H,2-3,10H2,1H3,(H,19,22). The van der Waals surface area contributed by atoms with Gasteiger partial charge in [0.15, 0.2) is 0 Å². The highest BCUT2D eigenvalue weighted by atomic mass is 16.1. The maximum atomic E-state index is 11.8. The highest BCUT2D eigenvalue weighted by Crippen LogP contribution is 2.22. The third-order valence-electron chi connectivity index (χ3n) is 3.56. The zero-order valence-electron chi connectivity index (χ0n) is 12.6. The Morgan fingerprint density at radius 2 is 2.14 bits per heavy atom. The number of benzene rings is 1. The predicted octanol–water partition coefficient (Wildman–Crippen LogP) is 4.13. The molecule has 0 saturated heterocycles. The third-order valence-corrected chi connectivity index (χ3v) is 3.56. The normalized spacial score (nSPS) is 10.8. The van der Waals surface area contributed by atoms with Gasteiger partial charge in [-0.25, -0.2) is 4.98 Å². The molecule has 0 radical (unpaired) electrons. The van der Waals surface area contributed by atoms with Gasteiger partial charge in [0.1, 0.15) is 5.65 Å². The van der Waals surface area contributed by atoms with E-state index in [1.54, 1.807) is 0 Å². The van der Waals surface area contributed by atoms with Crippen molar-refractivity contribution in [3.63, 3.8) is 0 Å². The van der Waals surface area contributed by atoms with Crippen LogP contribution in [0.15, 0.2) is 54.9 Å². The van der Waals surface area contributed by atoms with Gasteiger partial charge < -0.3 is 9.72 Å². The Balaban J connectivity index is 1.82. The van der Waals surface area contributed by atoms with Crippen molar-refractivity contribution in [3.05, 3.63) is 54.9 Å². The van der Waals surface area contributed by atoms with Gasteiger partial charge in [-0.3, -0.25) is 4.79 Å². The van der Waals surface area contributed by atoms with Crippen LogP contribution in [0.3, 0.4) is 0 Å². The van der Waals surface area contributed by atoms with Crippen LogP contribution in [-0.2, 0) is 4.79 Å². The molecular weight excluding hydrogens is 274 g/mol. The lowest BCUT2D eigenvalue weighted by molar-refractivity contribution is -0.116. The lowest BCUT2D eigenvalue weighted by Gasteiger charge is -2.06. The van der Waals surface area contributed by atoms with E-state index in [4.69, 9.17) is 0 Å². The molecule has 0 fully saturated rings. The van der Waals surface area contributed by atoms with Gasteiger partial charge in [0.2, 0.25) is 5.91 Å². The molecule has 0 unspecified atom stereocenters. The van der Waals surface area contributed by atoms with E-state index in [2.05, 4.69) is 17.2 Å². The number of amides is 1. The van der Waals surface area contributed by atoms with Gasteiger partial charge in [-0.1, -0.05) is 31.5 Å². The fourth-order valence-electron chi connectivity index (χ4n) is 2.39. The number of hydrogen-bond donors (Lipinski definition) is 1. The Morgan fingerprint density at radius 3 is 2.95 bits per heavy atom. The van der Waals surface area contributed by atoms with Crippen molar-refractivity contribution in [2.45, 2.75) is 26.2 Å². The minimum absolute atomic E-state index is 0.0639. The van der Waals surface area contributed by atoms with Gasteiger partial charge in [-0.05, 0) is 30.7 Å². The number of unbranched alkanes of at least 4 members (excludes halogenated alkanes) is 1. The second-order valence-corrected chi connectivity index (χ2v) is 5.32. The molecule has 0 aliphatic carbocycles. The van der Waals surface area contributed by atoms with Crippen LogP contribution < -0.4 is 5.32 Å². The van der Waals surface area contributed by atoms with E-state index in [1.165, 1.54) is 0 Å². The molecule has 0 bridgehead atoms. The molecule has 0 aliphatic rings. The Morgan fingerprint density at radius 1 is 1.23 bits per heavy atom. The molecule has 1 amide bonds.